The second-order valence-corrected chi connectivity index (χ2v) is 6.28. The van der Waals surface area contributed by atoms with Crippen LogP contribution in [0.3, 0.4) is 0 Å². The van der Waals surface area contributed by atoms with Gasteiger partial charge in [0.1, 0.15) is 23.3 Å². The maximum Gasteiger partial charge on any atom is 0.136 e. The number of rotatable bonds is 4. The van der Waals surface area contributed by atoms with E-state index >= 15 is 0 Å². The molecule has 0 radical (unpaired) electrons. The lowest BCUT2D eigenvalue weighted by molar-refractivity contribution is 0.628. The van der Waals surface area contributed by atoms with E-state index in [0.717, 1.165) is 15.8 Å². The second-order valence-electron chi connectivity index (χ2n) is 5.43. The molecule has 0 saturated heterocycles. The fourth-order valence-corrected chi connectivity index (χ4v) is 2.83. The summed E-state index contributed by atoms with van der Waals surface area (Å²) in [6, 6.07) is 14.0. The SMILES string of the molecule is Cc1ccc(Nc2cc(Nc3ccc(F)cc3)nc(C)n2)c(Br)c1. The molecule has 0 fully saturated rings. The van der Waals surface area contributed by atoms with Crippen LogP contribution in [-0.2, 0) is 0 Å². The Balaban J connectivity index is 1.84. The van der Waals surface area contributed by atoms with E-state index in [4.69, 9.17) is 0 Å². The van der Waals surface area contributed by atoms with Crippen LogP contribution in [0.2, 0.25) is 0 Å². The van der Waals surface area contributed by atoms with E-state index < -0.39 is 0 Å². The van der Waals surface area contributed by atoms with Crippen molar-refractivity contribution >= 4 is 38.9 Å². The van der Waals surface area contributed by atoms with Gasteiger partial charge in [-0.05, 0) is 71.7 Å². The minimum Gasteiger partial charge on any atom is -0.340 e. The molecule has 2 aromatic carbocycles. The van der Waals surface area contributed by atoms with Crippen molar-refractivity contribution in [2.45, 2.75) is 13.8 Å². The predicted molar refractivity (Wildman–Crippen MR) is 98.6 cm³/mol. The molecule has 0 aliphatic carbocycles. The molecule has 0 atom stereocenters. The molecule has 3 rings (SSSR count). The van der Waals surface area contributed by atoms with Gasteiger partial charge in [0.05, 0.1) is 5.69 Å². The molecule has 24 heavy (non-hydrogen) atoms. The number of halogens is 2. The molecule has 6 heteroatoms. The third kappa shape index (κ3) is 4.08. The summed E-state index contributed by atoms with van der Waals surface area (Å²) in [5.74, 6) is 1.68. The Bertz CT molecular complexity index is 865. The lowest BCUT2D eigenvalue weighted by atomic mass is 10.2. The first-order chi connectivity index (χ1) is 11.5. The highest BCUT2D eigenvalue weighted by Gasteiger charge is 2.06. The van der Waals surface area contributed by atoms with Crippen molar-refractivity contribution in [3.63, 3.8) is 0 Å². The third-order valence-electron chi connectivity index (χ3n) is 3.34. The monoisotopic (exact) mass is 386 g/mol. The van der Waals surface area contributed by atoms with Crippen LogP contribution < -0.4 is 10.6 Å². The molecule has 0 aliphatic rings. The summed E-state index contributed by atoms with van der Waals surface area (Å²) >= 11 is 3.55. The van der Waals surface area contributed by atoms with Gasteiger partial charge in [0, 0.05) is 16.2 Å². The van der Waals surface area contributed by atoms with Gasteiger partial charge >= 0.3 is 0 Å². The van der Waals surface area contributed by atoms with Gasteiger partial charge in [0.2, 0.25) is 0 Å². The molecule has 0 unspecified atom stereocenters. The molecule has 0 aliphatic heterocycles. The van der Waals surface area contributed by atoms with Crippen LogP contribution in [-0.4, -0.2) is 9.97 Å². The Morgan fingerprint density at radius 3 is 2.21 bits per heavy atom. The van der Waals surface area contributed by atoms with Crippen LogP contribution in [0, 0.1) is 19.7 Å². The molecular formula is C18H16BrFN4. The van der Waals surface area contributed by atoms with Crippen LogP contribution in [0.25, 0.3) is 0 Å². The van der Waals surface area contributed by atoms with E-state index in [9.17, 15) is 4.39 Å². The average molecular weight is 387 g/mol. The lowest BCUT2D eigenvalue weighted by Gasteiger charge is -2.12. The van der Waals surface area contributed by atoms with Crippen LogP contribution >= 0.6 is 15.9 Å². The van der Waals surface area contributed by atoms with Crippen LogP contribution in [0.1, 0.15) is 11.4 Å². The average Bonchev–Trinajstić information content (AvgIpc) is 2.52. The second kappa shape index (κ2) is 6.97. The Morgan fingerprint density at radius 2 is 1.54 bits per heavy atom. The summed E-state index contributed by atoms with van der Waals surface area (Å²) in [5, 5.41) is 6.43. The van der Waals surface area contributed by atoms with Crippen molar-refractivity contribution in [1.29, 1.82) is 0 Å². The zero-order chi connectivity index (χ0) is 17.1. The van der Waals surface area contributed by atoms with Gasteiger partial charge in [-0.1, -0.05) is 6.07 Å². The number of aryl methyl sites for hydroxylation is 2. The summed E-state index contributed by atoms with van der Waals surface area (Å²) in [7, 11) is 0. The largest absolute Gasteiger partial charge is 0.340 e. The first-order valence-electron chi connectivity index (χ1n) is 7.41. The number of aromatic nitrogens is 2. The van der Waals surface area contributed by atoms with Gasteiger partial charge in [0.25, 0.3) is 0 Å². The van der Waals surface area contributed by atoms with E-state index in [0.29, 0.717) is 17.5 Å². The predicted octanol–water partition coefficient (Wildman–Crippen LogP) is 5.48. The molecule has 0 bridgehead atoms. The highest BCUT2D eigenvalue weighted by molar-refractivity contribution is 9.10. The highest BCUT2D eigenvalue weighted by atomic mass is 79.9. The molecule has 0 amide bonds. The Labute approximate surface area is 148 Å². The van der Waals surface area contributed by atoms with Crippen LogP contribution in [0.15, 0.2) is 53.0 Å². The number of benzene rings is 2. The minimum atomic E-state index is -0.272. The van der Waals surface area contributed by atoms with Crippen LogP contribution in [0.5, 0.6) is 0 Å². The molecule has 1 heterocycles. The molecule has 3 aromatic rings. The van der Waals surface area contributed by atoms with Gasteiger partial charge in [-0.2, -0.15) is 0 Å². The number of anilines is 4. The zero-order valence-corrected chi connectivity index (χ0v) is 14.9. The Hall–Kier alpha value is -2.47. The zero-order valence-electron chi connectivity index (χ0n) is 13.3. The lowest BCUT2D eigenvalue weighted by Crippen LogP contribution is -2.02. The molecule has 0 saturated carbocycles. The van der Waals surface area contributed by atoms with Crippen molar-refractivity contribution in [3.05, 3.63) is 70.2 Å². The molecule has 0 spiro atoms. The fourth-order valence-electron chi connectivity index (χ4n) is 2.24. The topological polar surface area (TPSA) is 49.8 Å². The van der Waals surface area contributed by atoms with Crippen molar-refractivity contribution in [1.82, 2.24) is 9.97 Å². The van der Waals surface area contributed by atoms with Crippen molar-refractivity contribution in [3.8, 4) is 0 Å². The Morgan fingerprint density at radius 1 is 0.875 bits per heavy atom. The first-order valence-corrected chi connectivity index (χ1v) is 8.20. The molecule has 1 aromatic heterocycles. The van der Waals surface area contributed by atoms with E-state index in [2.05, 4.69) is 36.5 Å². The Kier molecular flexibility index (Phi) is 4.76. The van der Waals surface area contributed by atoms with Crippen molar-refractivity contribution in [2.24, 2.45) is 0 Å². The number of hydrogen-bond donors (Lipinski definition) is 2. The standard InChI is InChI=1S/C18H16BrFN4/c1-11-3-8-16(15(19)9-11)24-18-10-17(21-12(2)22-18)23-14-6-4-13(20)5-7-14/h3-10H,1-2H3,(H2,21,22,23,24). The molecule has 4 nitrogen and oxygen atoms in total. The number of nitrogens with one attached hydrogen (secondary N) is 2. The first kappa shape index (κ1) is 16.4. The maximum atomic E-state index is 13.0. The minimum absolute atomic E-state index is 0.272. The quantitative estimate of drug-likeness (QED) is 0.622. The molecular weight excluding hydrogens is 371 g/mol. The summed E-state index contributed by atoms with van der Waals surface area (Å²) in [6.45, 7) is 3.86. The van der Waals surface area contributed by atoms with Gasteiger partial charge < -0.3 is 10.6 Å². The molecule has 2 N–H and O–H groups in total. The summed E-state index contributed by atoms with van der Waals surface area (Å²) < 4.78 is 14.0. The van der Waals surface area contributed by atoms with Gasteiger partial charge in [-0.3, -0.25) is 0 Å². The van der Waals surface area contributed by atoms with E-state index in [1.165, 1.54) is 17.7 Å². The molecule has 122 valence electrons. The van der Waals surface area contributed by atoms with Gasteiger partial charge in [-0.25, -0.2) is 14.4 Å². The van der Waals surface area contributed by atoms with Gasteiger partial charge in [-0.15, -0.1) is 0 Å². The summed E-state index contributed by atoms with van der Waals surface area (Å²) in [4.78, 5) is 8.77. The van der Waals surface area contributed by atoms with Crippen molar-refractivity contribution < 1.29 is 4.39 Å². The highest BCUT2D eigenvalue weighted by Crippen LogP contribution is 2.27. The number of nitrogens with zero attached hydrogens (tertiary/aromatic N) is 2. The summed E-state index contributed by atoms with van der Waals surface area (Å²) in [5.41, 5.74) is 2.85. The smallest absolute Gasteiger partial charge is 0.136 e. The van der Waals surface area contributed by atoms with E-state index in [1.807, 2.05) is 38.1 Å². The van der Waals surface area contributed by atoms with Crippen LogP contribution in [0.4, 0.5) is 27.4 Å². The summed E-state index contributed by atoms with van der Waals surface area (Å²) in [6.07, 6.45) is 0. The fraction of sp³-hybridized carbons (Fsp3) is 0.111. The normalized spacial score (nSPS) is 10.5. The number of hydrogen-bond acceptors (Lipinski definition) is 4. The van der Waals surface area contributed by atoms with E-state index in [1.54, 1.807) is 12.1 Å². The van der Waals surface area contributed by atoms with Gasteiger partial charge in [0.15, 0.2) is 0 Å². The van der Waals surface area contributed by atoms with Crippen molar-refractivity contribution in [2.75, 3.05) is 10.6 Å². The maximum absolute atomic E-state index is 13.0. The van der Waals surface area contributed by atoms with E-state index in [-0.39, 0.29) is 5.82 Å². The third-order valence-corrected chi connectivity index (χ3v) is 4.00.